The van der Waals surface area contributed by atoms with Gasteiger partial charge in [-0.3, -0.25) is 4.99 Å². The molecule has 0 aliphatic heterocycles. The fourth-order valence-electron chi connectivity index (χ4n) is 0.641. The van der Waals surface area contributed by atoms with Crippen LogP contribution in [0.4, 0.5) is 0 Å². The number of hydrogen-bond acceptors (Lipinski definition) is 1. The maximum absolute atomic E-state index is 4.28. The molecule has 0 bridgehead atoms. The summed E-state index contributed by atoms with van der Waals surface area (Å²) in [6, 6.07) is 0. The molecule has 0 aliphatic carbocycles. The number of allylic oxidation sites excluding steroid dienone is 2. The summed E-state index contributed by atoms with van der Waals surface area (Å²) in [6.45, 7) is 12.0. The molecular weight excluding hydrogens is 134 g/mol. The molecule has 0 aromatic rings. The smallest absolute Gasteiger partial charge is 0.0423 e. The van der Waals surface area contributed by atoms with Crippen LogP contribution in [0.5, 0.6) is 0 Å². The van der Waals surface area contributed by atoms with E-state index in [0.717, 1.165) is 5.71 Å². The molecule has 0 fully saturated rings. The van der Waals surface area contributed by atoms with Crippen molar-refractivity contribution in [2.24, 2.45) is 10.9 Å². The first-order valence-electron chi connectivity index (χ1n) is 3.91. The lowest BCUT2D eigenvalue weighted by Crippen LogP contribution is -2.02. The van der Waals surface area contributed by atoms with Gasteiger partial charge in [0.25, 0.3) is 0 Å². The van der Waals surface area contributed by atoms with Crippen LogP contribution in [-0.4, -0.2) is 5.71 Å². The van der Waals surface area contributed by atoms with Crippen molar-refractivity contribution in [3.63, 3.8) is 0 Å². The third-order valence-electron chi connectivity index (χ3n) is 1.27. The van der Waals surface area contributed by atoms with E-state index in [1.165, 1.54) is 5.57 Å². The fraction of sp³-hybridized carbons (Fsp3) is 0.500. The maximum Gasteiger partial charge on any atom is 0.0423 e. The van der Waals surface area contributed by atoms with Gasteiger partial charge in [0, 0.05) is 11.9 Å². The van der Waals surface area contributed by atoms with E-state index < -0.39 is 0 Å². The topological polar surface area (TPSA) is 12.4 Å². The van der Waals surface area contributed by atoms with Crippen molar-refractivity contribution in [3.05, 3.63) is 24.4 Å². The van der Waals surface area contributed by atoms with E-state index in [4.69, 9.17) is 0 Å². The largest absolute Gasteiger partial charge is 0.261 e. The highest BCUT2D eigenvalue weighted by Crippen LogP contribution is 2.00. The predicted molar refractivity (Wildman–Crippen MR) is 51.9 cm³/mol. The van der Waals surface area contributed by atoms with Crippen LogP contribution in [0.25, 0.3) is 0 Å². The second kappa shape index (κ2) is 4.89. The van der Waals surface area contributed by atoms with Crippen LogP contribution in [0, 0.1) is 5.92 Å². The quantitative estimate of drug-likeness (QED) is 0.549. The summed E-state index contributed by atoms with van der Waals surface area (Å²) in [5.74, 6) is 0.461. The average Bonchev–Trinajstić information content (AvgIpc) is 1.87. The maximum atomic E-state index is 4.28. The molecular formula is C10H17N. The van der Waals surface area contributed by atoms with E-state index in [-0.39, 0.29) is 0 Å². The van der Waals surface area contributed by atoms with Crippen LogP contribution in [-0.2, 0) is 0 Å². The summed E-state index contributed by atoms with van der Waals surface area (Å²) in [4.78, 5) is 4.28. The zero-order chi connectivity index (χ0) is 8.85. The molecule has 0 aromatic heterocycles. The number of rotatable bonds is 3. The molecule has 1 nitrogen and oxygen atoms in total. The minimum atomic E-state index is 0.461. The SMILES string of the molecule is C=CC(=NC=C(C)C)C(C)C. The lowest BCUT2D eigenvalue weighted by Gasteiger charge is -2.01. The molecule has 1 heteroatoms. The van der Waals surface area contributed by atoms with Gasteiger partial charge in [0.2, 0.25) is 0 Å². The van der Waals surface area contributed by atoms with Gasteiger partial charge in [-0.1, -0.05) is 26.0 Å². The van der Waals surface area contributed by atoms with Crippen LogP contribution in [0.1, 0.15) is 27.7 Å². The Hall–Kier alpha value is -0.850. The van der Waals surface area contributed by atoms with Gasteiger partial charge in [-0.15, -0.1) is 0 Å². The molecule has 11 heavy (non-hydrogen) atoms. The van der Waals surface area contributed by atoms with Crippen LogP contribution in [0.15, 0.2) is 29.4 Å². The van der Waals surface area contributed by atoms with Crippen molar-refractivity contribution < 1.29 is 0 Å². The van der Waals surface area contributed by atoms with Gasteiger partial charge in [0.1, 0.15) is 0 Å². The highest BCUT2D eigenvalue weighted by molar-refractivity contribution is 5.96. The van der Waals surface area contributed by atoms with Gasteiger partial charge in [0.15, 0.2) is 0 Å². The second-order valence-electron chi connectivity index (χ2n) is 3.12. The van der Waals surface area contributed by atoms with E-state index in [2.05, 4.69) is 25.4 Å². The second-order valence-corrected chi connectivity index (χ2v) is 3.12. The van der Waals surface area contributed by atoms with Crippen molar-refractivity contribution >= 4 is 5.71 Å². The monoisotopic (exact) mass is 151 g/mol. The molecule has 0 aliphatic rings. The average molecular weight is 151 g/mol. The fourth-order valence-corrected chi connectivity index (χ4v) is 0.641. The third kappa shape index (κ3) is 4.54. The molecule has 0 rings (SSSR count). The summed E-state index contributed by atoms with van der Waals surface area (Å²) in [6.07, 6.45) is 3.68. The minimum absolute atomic E-state index is 0.461. The first-order chi connectivity index (χ1) is 5.07. The van der Waals surface area contributed by atoms with E-state index in [0.29, 0.717) is 5.92 Å². The highest BCUT2D eigenvalue weighted by atomic mass is 14.7. The summed E-state index contributed by atoms with van der Waals surface area (Å²) >= 11 is 0. The van der Waals surface area contributed by atoms with E-state index in [1.54, 1.807) is 0 Å². The first kappa shape index (κ1) is 10.2. The molecule has 0 atom stereocenters. The molecule has 0 radical (unpaired) electrons. The Morgan fingerprint density at radius 3 is 2.18 bits per heavy atom. The molecule has 0 amide bonds. The lowest BCUT2D eigenvalue weighted by molar-refractivity contribution is 0.888. The number of hydrogen-bond donors (Lipinski definition) is 0. The summed E-state index contributed by atoms with van der Waals surface area (Å²) in [5.41, 5.74) is 2.26. The Morgan fingerprint density at radius 1 is 1.36 bits per heavy atom. The van der Waals surface area contributed by atoms with Gasteiger partial charge in [-0.25, -0.2) is 0 Å². The summed E-state index contributed by atoms with van der Waals surface area (Å²) < 4.78 is 0. The predicted octanol–water partition coefficient (Wildman–Crippen LogP) is 3.19. The molecule has 0 unspecified atom stereocenters. The summed E-state index contributed by atoms with van der Waals surface area (Å²) in [7, 11) is 0. The van der Waals surface area contributed by atoms with Crippen molar-refractivity contribution in [2.45, 2.75) is 27.7 Å². The molecule has 0 spiro atoms. The van der Waals surface area contributed by atoms with Crippen molar-refractivity contribution in [3.8, 4) is 0 Å². The Balaban J connectivity index is 4.36. The van der Waals surface area contributed by atoms with Crippen LogP contribution >= 0.6 is 0 Å². The summed E-state index contributed by atoms with van der Waals surface area (Å²) in [5, 5.41) is 0. The van der Waals surface area contributed by atoms with E-state index in [9.17, 15) is 0 Å². The molecule has 0 saturated carbocycles. The van der Waals surface area contributed by atoms with Gasteiger partial charge < -0.3 is 0 Å². The van der Waals surface area contributed by atoms with Crippen LogP contribution < -0.4 is 0 Å². The Labute approximate surface area is 69.5 Å². The zero-order valence-electron chi connectivity index (χ0n) is 7.89. The molecule has 0 heterocycles. The van der Waals surface area contributed by atoms with Crippen molar-refractivity contribution in [1.29, 1.82) is 0 Å². The molecule has 0 saturated heterocycles. The van der Waals surface area contributed by atoms with Crippen molar-refractivity contribution in [2.75, 3.05) is 0 Å². The van der Waals surface area contributed by atoms with Crippen molar-refractivity contribution in [1.82, 2.24) is 0 Å². The molecule has 0 aromatic carbocycles. The Kier molecular flexibility index (Phi) is 4.51. The third-order valence-corrected chi connectivity index (χ3v) is 1.27. The number of nitrogens with zero attached hydrogens (tertiary/aromatic N) is 1. The van der Waals surface area contributed by atoms with E-state index >= 15 is 0 Å². The van der Waals surface area contributed by atoms with Gasteiger partial charge in [-0.2, -0.15) is 0 Å². The first-order valence-corrected chi connectivity index (χ1v) is 3.91. The molecule has 62 valence electrons. The van der Waals surface area contributed by atoms with Gasteiger partial charge >= 0.3 is 0 Å². The van der Waals surface area contributed by atoms with Gasteiger partial charge in [-0.05, 0) is 25.8 Å². The number of aliphatic imine (C=N–C) groups is 1. The van der Waals surface area contributed by atoms with Gasteiger partial charge in [0.05, 0.1) is 0 Å². The molecule has 0 N–H and O–H groups in total. The lowest BCUT2D eigenvalue weighted by atomic mass is 10.1. The van der Waals surface area contributed by atoms with E-state index in [1.807, 2.05) is 26.1 Å². The standard InChI is InChI=1S/C10H17N/c1-6-10(9(4)5)11-7-8(2)3/h6-7,9H,1H2,2-5H3. The highest BCUT2D eigenvalue weighted by Gasteiger charge is 1.97. The Bertz CT molecular complexity index is 181. The van der Waals surface area contributed by atoms with Crippen LogP contribution in [0.3, 0.4) is 0 Å². The normalized spacial score (nSPS) is 11.5. The minimum Gasteiger partial charge on any atom is -0.261 e. The van der Waals surface area contributed by atoms with Crippen LogP contribution in [0.2, 0.25) is 0 Å². The zero-order valence-corrected chi connectivity index (χ0v) is 7.89. The Morgan fingerprint density at radius 2 is 1.91 bits per heavy atom.